The Labute approximate surface area is 120 Å². The summed E-state index contributed by atoms with van der Waals surface area (Å²) < 4.78 is 29.1. The highest BCUT2D eigenvalue weighted by molar-refractivity contribution is 7.89. The molecule has 114 valence electrons. The largest absolute Gasteiger partial charge is 0.381 e. The minimum absolute atomic E-state index is 0.0518. The first kappa shape index (κ1) is 15.3. The molecule has 0 bridgehead atoms. The quantitative estimate of drug-likeness (QED) is 0.883. The van der Waals surface area contributed by atoms with Gasteiger partial charge >= 0.3 is 0 Å². The van der Waals surface area contributed by atoms with Crippen LogP contribution < -0.4 is 10.5 Å². The summed E-state index contributed by atoms with van der Waals surface area (Å²) in [7, 11) is -1.91. The van der Waals surface area contributed by atoms with Crippen molar-refractivity contribution in [3.05, 3.63) is 5.69 Å². The van der Waals surface area contributed by atoms with E-state index < -0.39 is 10.0 Å². The first-order valence-corrected chi connectivity index (χ1v) is 8.52. The summed E-state index contributed by atoms with van der Waals surface area (Å²) in [5, 5.41) is 3.96. The van der Waals surface area contributed by atoms with Crippen LogP contribution in [0.3, 0.4) is 0 Å². The molecule has 0 aliphatic heterocycles. The van der Waals surface area contributed by atoms with Crippen LogP contribution in [-0.2, 0) is 17.1 Å². The third-order valence-corrected chi connectivity index (χ3v) is 5.89. The predicted molar refractivity (Wildman–Crippen MR) is 78.7 cm³/mol. The van der Waals surface area contributed by atoms with E-state index in [9.17, 15) is 8.42 Å². The molecular formula is C13H24N4O2S. The van der Waals surface area contributed by atoms with Gasteiger partial charge in [0.15, 0.2) is 5.82 Å². The molecule has 1 aromatic heterocycles. The van der Waals surface area contributed by atoms with Crippen LogP contribution in [-0.4, -0.2) is 24.7 Å². The zero-order valence-corrected chi connectivity index (χ0v) is 13.3. The maximum atomic E-state index is 12.4. The van der Waals surface area contributed by atoms with Crippen molar-refractivity contribution in [2.45, 2.75) is 50.8 Å². The number of nitrogens with one attached hydrogen (secondary N) is 1. The van der Waals surface area contributed by atoms with Gasteiger partial charge in [0.25, 0.3) is 0 Å². The van der Waals surface area contributed by atoms with Crippen molar-refractivity contribution in [3.63, 3.8) is 0 Å². The second-order valence-electron chi connectivity index (χ2n) is 6.12. The second kappa shape index (κ2) is 5.37. The molecule has 1 fully saturated rings. The monoisotopic (exact) mass is 300 g/mol. The van der Waals surface area contributed by atoms with E-state index in [1.165, 1.54) is 23.9 Å². The van der Waals surface area contributed by atoms with Gasteiger partial charge in [-0.05, 0) is 25.2 Å². The lowest BCUT2D eigenvalue weighted by molar-refractivity contribution is 0.219. The predicted octanol–water partition coefficient (Wildman–Crippen LogP) is 1.56. The van der Waals surface area contributed by atoms with Gasteiger partial charge in [-0.25, -0.2) is 13.1 Å². The van der Waals surface area contributed by atoms with Crippen LogP contribution in [0.15, 0.2) is 4.90 Å². The van der Waals surface area contributed by atoms with E-state index in [4.69, 9.17) is 5.73 Å². The number of aryl methyl sites for hydroxylation is 1. The summed E-state index contributed by atoms with van der Waals surface area (Å²) in [4.78, 5) is 0.111. The van der Waals surface area contributed by atoms with E-state index in [1.54, 1.807) is 14.0 Å². The number of nitrogens with two attached hydrogens (primary N) is 1. The number of rotatable bonds is 4. The van der Waals surface area contributed by atoms with Gasteiger partial charge in [0.2, 0.25) is 10.0 Å². The molecule has 1 aromatic rings. The second-order valence-corrected chi connectivity index (χ2v) is 7.82. The standard InChI is InChI=1S/C13H24N4O2S/c1-10-11(12(14)16-17(10)3)20(18,19)15-9-13(2)7-5-4-6-8-13/h15H,4-9H2,1-3H3,(H2,14,16). The Morgan fingerprint density at radius 2 is 1.95 bits per heavy atom. The van der Waals surface area contributed by atoms with E-state index in [0.29, 0.717) is 12.2 Å². The Balaban J connectivity index is 2.15. The van der Waals surface area contributed by atoms with Gasteiger partial charge in [0, 0.05) is 13.6 Å². The molecule has 0 atom stereocenters. The van der Waals surface area contributed by atoms with Gasteiger partial charge in [-0.15, -0.1) is 0 Å². The van der Waals surface area contributed by atoms with E-state index in [0.717, 1.165) is 12.8 Å². The Morgan fingerprint density at radius 1 is 1.35 bits per heavy atom. The zero-order chi connectivity index (χ0) is 15.0. The summed E-state index contributed by atoms with van der Waals surface area (Å²) in [5.74, 6) is 0.0614. The zero-order valence-electron chi connectivity index (χ0n) is 12.4. The first-order valence-electron chi connectivity index (χ1n) is 7.04. The molecule has 7 heteroatoms. The summed E-state index contributed by atoms with van der Waals surface area (Å²) in [6.07, 6.45) is 5.73. The van der Waals surface area contributed by atoms with Crippen LogP contribution in [0.1, 0.15) is 44.7 Å². The number of aromatic nitrogens is 2. The van der Waals surface area contributed by atoms with Gasteiger partial charge in [-0.3, -0.25) is 4.68 Å². The van der Waals surface area contributed by atoms with Crippen molar-refractivity contribution in [1.82, 2.24) is 14.5 Å². The van der Waals surface area contributed by atoms with Gasteiger partial charge in [-0.1, -0.05) is 26.2 Å². The summed E-state index contributed by atoms with van der Waals surface area (Å²) in [5.41, 5.74) is 6.33. The number of sulfonamides is 1. The third-order valence-electron chi connectivity index (χ3n) is 4.32. The van der Waals surface area contributed by atoms with Gasteiger partial charge < -0.3 is 5.73 Å². The molecule has 0 amide bonds. The summed E-state index contributed by atoms with van der Waals surface area (Å²) >= 11 is 0. The topological polar surface area (TPSA) is 90.0 Å². The van der Waals surface area contributed by atoms with Gasteiger partial charge in [0.05, 0.1) is 5.69 Å². The average molecular weight is 300 g/mol. The van der Waals surface area contributed by atoms with E-state index >= 15 is 0 Å². The fourth-order valence-electron chi connectivity index (χ4n) is 2.87. The van der Waals surface area contributed by atoms with Crippen molar-refractivity contribution in [3.8, 4) is 0 Å². The Hall–Kier alpha value is -1.08. The number of hydrogen-bond donors (Lipinski definition) is 2. The van der Waals surface area contributed by atoms with E-state index in [2.05, 4.69) is 16.7 Å². The molecule has 6 nitrogen and oxygen atoms in total. The summed E-state index contributed by atoms with van der Waals surface area (Å²) in [6, 6.07) is 0. The minimum Gasteiger partial charge on any atom is -0.381 e. The minimum atomic E-state index is -3.60. The Kier molecular flexibility index (Phi) is 4.11. The van der Waals surface area contributed by atoms with Gasteiger partial charge in [-0.2, -0.15) is 5.10 Å². The van der Waals surface area contributed by atoms with E-state index in [-0.39, 0.29) is 16.1 Å². The number of nitrogens with zero attached hydrogens (tertiary/aromatic N) is 2. The fraction of sp³-hybridized carbons (Fsp3) is 0.769. The Morgan fingerprint density at radius 3 is 2.45 bits per heavy atom. The molecule has 3 N–H and O–H groups in total. The maximum absolute atomic E-state index is 12.4. The fourth-order valence-corrected chi connectivity index (χ4v) is 4.39. The molecule has 1 heterocycles. The number of anilines is 1. The van der Waals surface area contributed by atoms with Crippen LogP contribution in [0.5, 0.6) is 0 Å². The normalized spacial score (nSPS) is 19.1. The maximum Gasteiger partial charge on any atom is 0.246 e. The molecule has 0 aromatic carbocycles. The molecule has 0 spiro atoms. The third kappa shape index (κ3) is 2.98. The number of hydrogen-bond acceptors (Lipinski definition) is 4. The van der Waals surface area contributed by atoms with Crippen molar-refractivity contribution in [2.24, 2.45) is 12.5 Å². The SMILES string of the molecule is Cc1c(S(=O)(=O)NCC2(C)CCCCC2)c(N)nn1C. The molecule has 2 rings (SSSR count). The van der Waals surface area contributed by atoms with Crippen LogP contribution >= 0.6 is 0 Å². The van der Waals surface area contributed by atoms with Crippen LogP contribution in [0, 0.1) is 12.3 Å². The lowest BCUT2D eigenvalue weighted by atomic mass is 9.76. The molecule has 1 saturated carbocycles. The highest BCUT2D eigenvalue weighted by Gasteiger charge is 2.31. The van der Waals surface area contributed by atoms with Gasteiger partial charge in [0.1, 0.15) is 4.90 Å². The van der Waals surface area contributed by atoms with Crippen molar-refractivity contribution >= 4 is 15.8 Å². The number of nitrogen functional groups attached to an aromatic ring is 1. The lowest BCUT2D eigenvalue weighted by Gasteiger charge is -2.33. The highest BCUT2D eigenvalue weighted by atomic mass is 32.2. The highest BCUT2D eigenvalue weighted by Crippen LogP contribution is 2.35. The van der Waals surface area contributed by atoms with Crippen molar-refractivity contribution in [2.75, 3.05) is 12.3 Å². The van der Waals surface area contributed by atoms with Crippen molar-refractivity contribution in [1.29, 1.82) is 0 Å². The molecule has 20 heavy (non-hydrogen) atoms. The molecular weight excluding hydrogens is 276 g/mol. The molecule has 0 radical (unpaired) electrons. The molecule has 0 saturated heterocycles. The molecule has 1 aliphatic rings. The Bertz CT molecular complexity index is 586. The van der Waals surface area contributed by atoms with E-state index in [1.807, 2.05) is 0 Å². The smallest absolute Gasteiger partial charge is 0.246 e. The summed E-state index contributed by atoms with van der Waals surface area (Å²) in [6.45, 7) is 4.32. The first-order chi connectivity index (χ1) is 9.25. The molecule has 1 aliphatic carbocycles. The van der Waals surface area contributed by atoms with Crippen molar-refractivity contribution < 1.29 is 8.42 Å². The molecule has 0 unspecified atom stereocenters. The lowest BCUT2D eigenvalue weighted by Crippen LogP contribution is -2.37. The van der Waals surface area contributed by atoms with Crippen LogP contribution in [0.2, 0.25) is 0 Å². The van der Waals surface area contributed by atoms with Crippen LogP contribution in [0.25, 0.3) is 0 Å². The average Bonchev–Trinajstić information content (AvgIpc) is 2.63. The van der Waals surface area contributed by atoms with Crippen LogP contribution in [0.4, 0.5) is 5.82 Å².